The average molecular weight is 254 g/mol. The number of nitrogens with zero attached hydrogens (tertiary/aromatic N) is 1. The Balaban J connectivity index is 2.69. The van der Waals surface area contributed by atoms with E-state index in [1.54, 1.807) is 0 Å². The van der Waals surface area contributed by atoms with Crippen LogP contribution in [0.5, 0.6) is 5.75 Å². The molecule has 98 valence electrons. The van der Waals surface area contributed by atoms with E-state index in [1.807, 2.05) is 0 Å². The van der Waals surface area contributed by atoms with Crippen molar-refractivity contribution in [3.8, 4) is 5.75 Å². The zero-order valence-electron chi connectivity index (χ0n) is 9.79. The molecule has 0 saturated carbocycles. The number of carboxylic acids is 1. The fourth-order valence-electron chi connectivity index (χ4n) is 1.29. The Morgan fingerprint density at radius 3 is 2.78 bits per heavy atom. The lowest BCUT2D eigenvalue weighted by molar-refractivity contribution is -0.139. The van der Waals surface area contributed by atoms with Crippen molar-refractivity contribution in [2.45, 2.75) is 12.5 Å². The van der Waals surface area contributed by atoms with Gasteiger partial charge in [-0.15, -0.1) is 0 Å². The lowest BCUT2D eigenvalue weighted by atomic mass is 10.2. The molecule has 0 aliphatic rings. The topological polar surface area (TPSA) is 109 Å². The SMILES string of the molecule is COCCC(NC(=O)c1cncc(O)c1)C(=O)O. The number of hydrogen-bond donors (Lipinski definition) is 3. The van der Waals surface area contributed by atoms with Gasteiger partial charge in [-0.1, -0.05) is 0 Å². The Morgan fingerprint density at radius 2 is 2.22 bits per heavy atom. The number of nitrogens with one attached hydrogen (secondary N) is 1. The number of amides is 1. The summed E-state index contributed by atoms with van der Waals surface area (Å²) in [5.41, 5.74) is 0.0960. The van der Waals surface area contributed by atoms with Crippen LogP contribution in [0.25, 0.3) is 0 Å². The first-order chi connectivity index (χ1) is 8.54. The largest absolute Gasteiger partial charge is 0.506 e. The van der Waals surface area contributed by atoms with E-state index in [0.29, 0.717) is 0 Å². The molecule has 0 aromatic carbocycles. The van der Waals surface area contributed by atoms with Crippen molar-refractivity contribution >= 4 is 11.9 Å². The maximum atomic E-state index is 11.7. The van der Waals surface area contributed by atoms with Crippen LogP contribution in [0.15, 0.2) is 18.5 Å². The van der Waals surface area contributed by atoms with Gasteiger partial charge in [0.25, 0.3) is 5.91 Å². The molecular formula is C11H14N2O5. The Morgan fingerprint density at radius 1 is 1.50 bits per heavy atom. The number of aromatic nitrogens is 1. The molecule has 0 fully saturated rings. The highest BCUT2D eigenvalue weighted by molar-refractivity contribution is 5.96. The third-order valence-electron chi connectivity index (χ3n) is 2.20. The summed E-state index contributed by atoms with van der Waals surface area (Å²) in [6.45, 7) is 0.218. The number of pyridine rings is 1. The first-order valence-electron chi connectivity index (χ1n) is 5.21. The van der Waals surface area contributed by atoms with Crippen LogP contribution < -0.4 is 5.32 Å². The average Bonchev–Trinajstić information content (AvgIpc) is 2.33. The molecule has 1 aromatic rings. The number of methoxy groups -OCH3 is 1. The van der Waals surface area contributed by atoms with E-state index in [0.717, 1.165) is 0 Å². The summed E-state index contributed by atoms with van der Waals surface area (Å²) in [5.74, 6) is -1.91. The Kier molecular flexibility index (Phi) is 5.06. The Bertz CT molecular complexity index is 435. The van der Waals surface area contributed by atoms with Crippen LogP contribution in [0, 0.1) is 0 Å². The van der Waals surface area contributed by atoms with Crippen molar-refractivity contribution in [3.05, 3.63) is 24.0 Å². The second-order valence-corrected chi connectivity index (χ2v) is 3.58. The predicted molar refractivity (Wildman–Crippen MR) is 61.3 cm³/mol. The molecule has 0 bridgehead atoms. The lowest BCUT2D eigenvalue weighted by Crippen LogP contribution is -2.41. The maximum absolute atomic E-state index is 11.7. The number of carboxylic acid groups (broad SMARTS) is 1. The second-order valence-electron chi connectivity index (χ2n) is 3.58. The number of hydrogen-bond acceptors (Lipinski definition) is 5. The van der Waals surface area contributed by atoms with E-state index in [9.17, 15) is 9.59 Å². The van der Waals surface area contributed by atoms with Gasteiger partial charge < -0.3 is 20.3 Å². The van der Waals surface area contributed by atoms with Crippen molar-refractivity contribution in [3.63, 3.8) is 0 Å². The molecule has 1 unspecified atom stereocenters. The number of carbonyl (C=O) groups is 2. The summed E-state index contributed by atoms with van der Waals surface area (Å²) in [5, 5.41) is 20.4. The quantitative estimate of drug-likeness (QED) is 0.659. The molecule has 7 nitrogen and oxygen atoms in total. The van der Waals surface area contributed by atoms with Gasteiger partial charge in [0.1, 0.15) is 11.8 Å². The zero-order valence-corrected chi connectivity index (χ0v) is 9.79. The molecule has 0 spiro atoms. The summed E-state index contributed by atoms with van der Waals surface area (Å²) in [4.78, 5) is 26.2. The zero-order chi connectivity index (χ0) is 13.5. The minimum Gasteiger partial charge on any atom is -0.506 e. The van der Waals surface area contributed by atoms with Crippen molar-refractivity contribution in [2.24, 2.45) is 0 Å². The van der Waals surface area contributed by atoms with Gasteiger partial charge >= 0.3 is 5.97 Å². The fraction of sp³-hybridized carbons (Fsp3) is 0.364. The van der Waals surface area contributed by atoms with Gasteiger partial charge in [0.15, 0.2) is 0 Å². The summed E-state index contributed by atoms with van der Waals surface area (Å²) in [6.07, 6.45) is 2.57. The summed E-state index contributed by atoms with van der Waals surface area (Å²) < 4.78 is 4.76. The summed E-state index contributed by atoms with van der Waals surface area (Å²) in [6, 6.07) is 0.164. The minimum absolute atomic E-state index is 0.0960. The third-order valence-corrected chi connectivity index (χ3v) is 2.20. The van der Waals surface area contributed by atoms with Gasteiger partial charge in [-0.3, -0.25) is 9.78 Å². The predicted octanol–water partition coefficient (Wildman–Crippen LogP) is 0.00670. The molecule has 1 amide bonds. The standard InChI is InChI=1S/C11H14N2O5/c1-18-3-2-9(11(16)17)13-10(15)7-4-8(14)6-12-5-7/h4-6,9,14H,2-3H2,1H3,(H,13,15)(H,16,17). The van der Waals surface area contributed by atoms with Crippen LogP contribution in [0.2, 0.25) is 0 Å². The van der Waals surface area contributed by atoms with Crippen LogP contribution in [0.4, 0.5) is 0 Å². The van der Waals surface area contributed by atoms with E-state index >= 15 is 0 Å². The van der Waals surface area contributed by atoms with E-state index in [-0.39, 0.29) is 24.3 Å². The molecular weight excluding hydrogens is 240 g/mol. The van der Waals surface area contributed by atoms with Gasteiger partial charge in [-0.25, -0.2) is 4.79 Å². The highest BCUT2D eigenvalue weighted by atomic mass is 16.5. The molecule has 7 heteroatoms. The van der Waals surface area contributed by atoms with Crippen LogP contribution >= 0.6 is 0 Å². The van der Waals surface area contributed by atoms with E-state index < -0.39 is 17.9 Å². The number of aromatic hydroxyl groups is 1. The first-order valence-corrected chi connectivity index (χ1v) is 5.21. The van der Waals surface area contributed by atoms with E-state index in [1.165, 1.54) is 25.6 Å². The number of rotatable bonds is 6. The Hall–Kier alpha value is -2.15. The lowest BCUT2D eigenvalue weighted by Gasteiger charge is -2.13. The maximum Gasteiger partial charge on any atom is 0.326 e. The molecule has 1 aromatic heterocycles. The highest BCUT2D eigenvalue weighted by Gasteiger charge is 2.20. The first kappa shape index (κ1) is 13.9. The summed E-state index contributed by atoms with van der Waals surface area (Å²) >= 11 is 0. The van der Waals surface area contributed by atoms with Crippen LogP contribution in [-0.4, -0.2) is 46.8 Å². The molecule has 1 atom stereocenters. The molecule has 1 heterocycles. The third kappa shape index (κ3) is 4.02. The molecule has 0 aliphatic carbocycles. The number of aliphatic carboxylic acids is 1. The van der Waals surface area contributed by atoms with Crippen LogP contribution in [0.3, 0.4) is 0 Å². The van der Waals surface area contributed by atoms with Crippen molar-refractivity contribution in [2.75, 3.05) is 13.7 Å². The van der Waals surface area contributed by atoms with E-state index in [2.05, 4.69) is 10.3 Å². The molecule has 1 rings (SSSR count). The minimum atomic E-state index is -1.14. The molecule has 0 aliphatic heterocycles. The van der Waals surface area contributed by atoms with E-state index in [4.69, 9.17) is 14.9 Å². The van der Waals surface area contributed by atoms with Crippen molar-refractivity contribution in [1.29, 1.82) is 0 Å². The Labute approximate surface area is 103 Å². The number of ether oxygens (including phenoxy) is 1. The molecule has 18 heavy (non-hydrogen) atoms. The fourth-order valence-corrected chi connectivity index (χ4v) is 1.29. The van der Waals surface area contributed by atoms with Gasteiger partial charge in [0, 0.05) is 26.3 Å². The van der Waals surface area contributed by atoms with Crippen LogP contribution in [0.1, 0.15) is 16.8 Å². The van der Waals surface area contributed by atoms with Gasteiger partial charge in [0.05, 0.1) is 11.8 Å². The van der Waals surface area contributed by atoms with Crippen molar-refractivity contribution < 1.29 is 24.5 Å². The highest BCUT2D eigenvalue weighted by Crippen LogP contribution is 2.08. The van der Waals surface area contributed by atoms with Crippen LogP contribution in [-0.2, 0) is 9.53 Å². The van der Waals surface area contributed by atoms with Gasteiger partial charge in [-0.05, 0) is 6.07 Å². The second kappa shape index (κ2) is 6.55. The van der Waals surface area contributed by atoms with Gasteiger partial charge in [0.2, 0.25) is 0 Å². The number of carbonyl (C=O) groups excluding carboxylic acids is 1. The molecule has 0 saturated heterocycles. The molecule has 3 N–H and O–H groups in total. The monoisotopic (exact) mass is 254 g/mol. The molecule has 0 radical (unpaired) electrons. The summed E-state index contributed by atoms with van der Waals surface area (Å²) in [7, 11) is 1.44. The van der Waals surface area contributed by atoms with Gasteiger partial charge in [-0.2, -0.15) is 0 Å². The smallest absolute Gasteiger partial charge is 0.326 e. The van der Waals surface area contributed by atoms with Crippen molar-refractivity contribution in [1.82, 2.24) is 10.3 Å². The normalized spacial score (nSPS) is 11.8.